The molecule has 0 saturated heterocycles. The van der Waals surface area contributed by atoms with Gasteiger partial charge in [0.15, 0.2) is 0 Å². The Morgan fingerprint density at radius 3 is 2.25 bits per heavy atom. The quantitative estimate of drug-likeness (QED) is 0.551. The molecule has 72 valence electrons. The summed E-state index contributed by atoms with van der Waals surface area (Å²) >= 11 is 0. The Bertz CT molecular complexity index is 118. The van der Waals surface area contributed by atoms with E-state index in [1.165, 1.54) is 0 Å². The van der Waals surface area contributed by atoms with Crippen molar-refractivity contribution in [3.05, 3.63) is 0 Å². The van der Waals surface area contributed by atoms with Crippen LogP contribution in [0, 0.1) is 0 Å². The molecule has 0 aromatic heterocycles. The zero-order chi connectivity index (χ0) is 9.23. The molecule has 0 unspecified atom stereocenters. The Kier molecular flexibility index (Phi) is 7.94. The molecule has 0 atom stereocenters. The Hall–Kier alpha value is -0.680. The molecule has 0 amide bonds. The minimum absolute atomic E-state index is 0.0108. The zero-order valence-electron chi connectivity index (χ0n) is 6.79. The number of ether oxygens (including phenoxy) is 2. The lowest BCUT2D eigenvalue weighted by atomic mass is 10.5. The summed E-state index contributed by atoms with van der Waals surface area (Å²) in [5.41, 5.74) is 0. The van der Waals surface area contributed by atoms with Gasteiger partial charge in [0.25, 0.3) is 0 Å². The zero-order valence-corrected chi connectivity index (χ0v) is 6.79. The van der Waals surface area contributed by atoms with Crippen LogP contribution in [-0.2, 0) is 14.3 Å². The van der Waals surface area contributed by atoms with E-state index in [4.69, 9.17) is 14.6 Å². The van der Waals surface area contributed by atoms with Crippen molar-refractivity contribution in [2.45, 2.75) is 6.42 Å². The minimum atomic E-state index is -0.889. The number of halogens is 1. The summed E-state index contributed by atoms with van der Waals surface area (Å²) in [7, 11) is 0. The van der Waals surface area contributed by atoms with Gasteiger partial charge in [-0.2, -0.15) is 0 Å². The molecule has 0 saturated carbocycles. The summed E-state index contributed by atoms with van der Waals surface area (Å²) in [5.74, 6) is -0.889. The van der Waals surface area contributed by atoms with E-state index in [1.807, 2.05) is 0 Å². The minimum Gasteiger partial charge on any atom is -0.481 e. The number of carboxylic acids is 1. The number of hydrogen-bond donors (Lipinski definition) is 1. The molecule has 0 aliphatic rings. The van der Waals surface area contributed by atoms with Gasteiger partial charge in [-0.15, -0.1) is 0 Å². The van der Waals surface area contributed by atoms with E-state index in [0.717, 1.165) is 0 Å². The van der Waals surface area contributed by atoms with Crippen molar-refractivity contribution >= 4 is 5.97 Å². The fourth-order valence-corrected chi connectivity index (χ4v) is 0.536. The van der Waals surface area contributed by atoms with Gasteiger partial charge in [-0.3, -0.25) is 4.79 Å². The largest absolute Gasteiger partial charge is 0.481 e. The first-order valence-corrected chi connectivity index (χ1v) is 3.70. The van der Waals surface area contributed by atoms with Gasteiger partial charge in [0.1, 0.15) is 6.67 Å². The molecule has 12 heavy (non-hydrogen) atoms. The first-order chi connectivity index (χ1) is 5.77. The third kappa shape index (κ3) is 9.32. The van der Waals surface area contributed by atoms with Crippen molar-refractivity contribution in [1.82, 2.24) is 0 Å². The van der Waals surface area contributed by atoms with Gasteiger partial charge in [0.05, 0.1) is 32.8 Å². The Balaban J connectivity index is 2.86. The molecule has 0 radical (unpaired) electrons. The first-order valence-electron chi connectivity index (χ1n) is 3.70. The van der Waals surface area contributed by atoms with Crippen molar-refractivity contribution in [3.63, 3.8) is 0 Å². The first kappa shape index (κ1) is 11.3. The molecule has 4 nitrogen and oxygen atoms in total. The van der Waals surface area contributed by atoms with Crippen molar-refractivity contribution in [1.29, 1.82) is 0 Å². The van der Waals surface area contributed by atoms with Gasteiger partial charge in [0, 0.05) is 0 Å². The molecule has 1 N–H and O–H groups in total. The fourth-order valence-electron chi connectivity index (χ4n) is 0.536. The Morgan fingerprint density at radius 1 is 1.17 bits per heavy atom. The van der Waals surface area contributed by atoms with Gasteiger partial charge < -0.3 is 14.6 Å². The molecule has 0 fully saturated rings. The molecular formula is C7H13FO4. The monoisotopic (exact) mass is 180 g/mol. The highest BCUT2D eigenvalue weighted by atomic mass is 19.1. The lowest BCUT2D eigenvalue weighted by Gasteiger charge is -2.02. The molecule has 5 heteroatoms. The topological polar surface area (TPSA) is 55.8 Å². The van der Waals surface area contributed by atoms with E-state index in [0.29, 0.717) is 13.2 Å². The normalized spacial score (nSPS) is 10.1. The van der Waals surface area contributed by atoms with Gasteiger partial charge in [0.2, 0.25) is 0 Å². The van der Waals surface area contributed by atoms with Crippen LogP contribution in [0.4, 0.5) is 4.39 Å². The van der Waals surface area contributed by atoms with E-state index in [1.54, 1.807) is 0 Å². The standard InChI is InChI=1S/C7H13FO4/c8-2-4-12-6-5-11-3-1-7(9)10/h1-6H2,(H,9,10). The van der Waals surface area contributed by atoms with Crippen LogP contribution in [-0.4, -0.2) is 44.2 Å². The van der Waals surface area contributed by atoms with E-state index in [9.17, 15) is 9.18 Å². The lowest BCUT2D eigenvalue weighted by Crippen LogP contribution is -2.09. The third-order valence-corrected chi connectivity index (χ3v) is 1.05. The number of alkyl halides is 1. The maximum Gasteiger partial charge on any atom is 0.305 e. The molecule has 0 aliphatic heterocycles. The van der Waals surface area contributed by atoms with E-state index in [2.05, 4.69) is 0 Å². The van der Waals surface area contributed by atoms with E-state index >= 15 is 0 Å². The predicted octanol–water partition coefficient (Wildman–Crippen LogP) is 0.464. The average Bonchev–Trinajstić information content (AvgIpc) is 2.02. The Labute approximate surface area is 70.3 Å². The predicted molar refractivity (Wildman–Crippen MR) is 39.9 cm³/mol. The van der Waals surface area contributed by atoms with E-state index < -0.39 is 12.6 Å². The second kappa shape index (κ2) is 8.42. The number of hydrogen-bond acceptors (Lipinski definition) is 3. The number of aliphatic carboxylic acids is 1. The van der Waals surface area contributed by atoms with Crippen LogP contribution in [0.5, 0.6) is 0 Å². The average molecular weight is 180 g/mol. The van der Waals surface area contributed by atoms with Gasteiger partial charge in [-0.25, -0.2) is 4.39 Å². The summed E-state index contributed by atoms with van der Waals surface area (Å²) in [6, 6.07) is 0. The molecule has 0 aromatic carbocycles. The van der Waals surface area contributed by atoms with Crippen LogP contribution in [0.2, 0.25) is 0 Å². The highest BCUT2D eigenvalue weighted by Gasteiger charge is 1.95. The lowest BCUT2D eigenvalue weighted by molar-refractivity contribution is -0.138. The number of carboxylic acid groups (broad SMARTS) is 1. The van der Waals surface area contributed by atoms with Gasteiger partial charge in [-0.05, 0) is 0 Å². The van der Waals surface area contributed by atoms with Crippen molar-refractivity contribution in [2.75, 3.05) is 33.1 Å². The fraction of sp³-hybridized carbons (Fsp3) is 0.857. The van der Waals surface area contributed by atoms with Crippen molar-refractivity contribution in [2.24, 2.45) is 0 Å². The summed E-state index contributed by atoms with van der Waals surface area (Å²) in [5, 5.41) is 8.19. The Morgan fingerprint density at radius 2 is 1.75 bits per heavy atom. The molecule has 0 aliphatic carbocycles. The summed E-state index contributed by atoms with van der Waals surface area (Å²) in [6.45, 7) is 0.364. The molecular weight excluding hydrogens is 167 g/mol. The van der Waals surface area contributed by atoms with Crippen LogP contribution >= 0.6 is 0 Å². The molecule has 0 spiro atoms. The van der Waals surface area contributed by atoms with Crippen LogP contribution in [0.25, 0.3) is 0 Å². The highest BCUT2D eigenvalue weighted by molar-refractivity contribution is 5.66. The van der Waals surface area contributed by atoms with Crippen LogP contribution < -0.4 is 0 Å². The number of rotatable bonds is 8. The van der Waals surface area contributed by atoms with Gasteiger partial charge in [-0.1, -0.05) is 0 Å². The van der Waals surface area contributed by atoms with E-state index in [-0.39, 0.29) is 19.6 Å². The smallest absolute Gasteiger partial charge is 0.305 e. The molecule has 0 bridgehead atoms. The summed E-state index contributed by atoms with van der Waals surface area (Å²) < 4.78 is 21.0. The third-order valence-electron chi connectivity index (χ3n) is 1.05. The molecule has 0 aromatic rings. The maximum absolute atomic E-state index is 11.4. The van der Waals surface area contributed by atoms with Gasteiger partial charge >= 0.3 is 5.97 Å². The summed E-state index contributed by atoms with van der Waals surface area (Å²) in [6.07, 6.45) is -0.0108. The van der Waals surface area contributed by atoms with Crippen LogP contribution in [0.3, 0.4) is 0 Å². The molecule has 0 rings (SSSR count). The second-order valence-corrected chi connectivity index (χ2v) is 2.06. The maximum atomic E-state index is 11.4. The van der Waals surface area contributed by atoms with Crippen LogP contribution in [0.15, 0.2) is 0 Å². The van der Waals surface area contributed by atoms with Crippen molar-refractivity contribution < 1.29 is 23.8 Å². The molecule has 0 heterocycles. The highest BCUT2D eigenvalue weighted by Crippen LogP contribution is 1.83. The number of carbonyl (C=O) groups is 1. The SMILES string of the molecule is O=C(O)CCOCCOCCF. The second-order valence-electron chi connectivity index (χ2n) is 2.06. The summed E-state index contributed by atoms with van der Waals surface area (Å²) in [4.78, 5) is 9.97. The van der Waals surface area contributed by atoms with Crippen molar-refractivity contribution in [3.8, 4) is 0 Å². The van der Waals surface area contributed by atoms with Crippen LogP contribution in [0.1, 0.15) is 6.42 Å².